The van der Waals surface area contributed by atoms with Crippen molar-refractivity contribution < 1.29 is 24.3 Å². The van der Waals surface area contributed by atoms with Crippen LogP contribution in [0.5, 0.6) is 0 Å². The van der Waals surface area contributed by atoms with Crippen molar-refractivity contribution in [1.82, 2.24) is 26.1 Å². The van der Waals surface area contributed by atoms with Gasteiger partial charge in [-0.2, -0.15) is 0 Å². The number of benzene rings is 2. The standard InChI is InChI=1S/C30H45N5O5P2/c1-20(2)17-24(27(36)32-23(30(39)40)15-9-10-16-31-41)33-28(37)25(18-21-11-5-3-6-12-21)34-29(38)26(35-42)19-22-13-7-4-8-14-22/h3-8,11-14,20,23-26,31,35H,9-10,15-19,41-42H2,1-2H3,(H,32,36)(H,33,37)(H,34,38)(H,39,40)/t23-,24-,25-,26-/m1/s1. The molecular weight excluding hydrogens is 572 g/mol. The third-order valence-electron chi connectivity index (χ3n) is 6.73. The maximum Gasteiger partial charge on any atom is 0.326 e. The first kappa shape index (κ1) is 35.3. The van der Waals surface area contributed by atoms with Crippen molar-refractivity contribution in [3.8, 4) is 0 Å². The SMILES string of the molecule is CC(C)C[C@@H](NC(=O)[C@@H](Cc1ccccc1)NC(=O)[C@@H](Cc1ccccc1)NP)C(=O)N[C@H](CCCCNP)C(=O)O. The fourth-order valence-corrected chi connectivity index (χ4v) is 4.96. The highest BCUT2D eigenvalue weighted by Gasteiger charge is 2.31. The maximum absolute atomic E-state index is 13.7. The van der Waals surface area contributed by atoms with Crippen LogP contribution in [-0.4, -0.2) is 59.5 Å². The smallest absolute Gasteiger partial charge is 0.326 e. The summed E-state index contributed by atoms with van der Waals surface area (Å²) in [6.07, 6.45) is 2.57. The number of rotatable bonds is 19. The van der Waals surface area contributed by atoms with E-state index in [2.05, 4.69) is 44.9 Å². The lowest BCUT2D eigenvalue weighted by Crippen LogP contribution is -2.58. The molecule has 42 heavy (non-hydrogen) atoms. The number of unbranched alkanes of at least 4 members (excludes halogenated alkanes) is 1. The van der Waals surface area contributed by atoms with Gasteiger partial charge in [-0.3, -0.25) is 19.5 Å². The van der Waals surface area contributed by atoms with E-state index in [0.29, 0.717) is 25.8 Å². The molecule has 0 aliphatic heterocycles. The second-order valence-electron chi connectivity index (χ2n) is 10.7. The lowest BCUT2D eigenvalue weighted by Gasteiger charge is -2.26. The molecule has 230 valence electrons. The summed E-state index contributed by atoms with van der Waals surface area (Å²) in [5, 5.41) is 23.9. The molecule has 0 fully saturated rings. The molecule has 0 radical (unpaired) electrons. The highest BCUT2D eigenvalue weighted by atomic mass is 31.0. The Hall–Kier alpha value is -2.90. The van der Waals surface area contributed by atoms with Gasteiger partial charge in [0, 0.05) is 6.42 Å². The van der Waals surface area contributed by atoms with Crippen molar-refractivity contribution in [2.45, 2.75) is 76.5 Å². The van der Waals surface area contributed by atoms with Crippen LogP contribution in [0.2, 0.25) is 0 Å². The Balaban J connectivity index is 2.20. The highest BCUT2D eigenvalue weighted by Crippen LogP contribution is 2.11. The minimum Gasteiger partial charge on any atom is -0.480 e. The van der Waals surface area contributed by atoms with E-state index in [1.807, 2.05) is 74.5 Å². The van der Waals surface area contributed by atoms with E-state index in [4.69, 9.17) is 0 Å². The zero-order valence-corrected chi connectivity index (χ0v) is 26.7. The van der Waals surface area contributed by atoms with Gasteiger partial charge in [0.05, 0.1) is 6.04 Å². The third-order valence-corrected chi connectivity index (χ3v) is 7.43. The summed E-state index contributed by atoms with van der Waals surface area (Å²) in [5.41, 5.74) is 1.80. The van der Waals surface area contributed by atoms with Gasteiger partial charge in [-0.1, -0.05) is 93.3 Å². The van der Waals surface area contributed by atoms with Gasteiger partial charge in [0.25, 0.3) is 0 Å². The summed E-state index contributed by atoms with van der Waals surface area (Å²) < 4.78 is 0. The number of carbonyl (C=O) groups excluding carboxylic acids is 3. The van der Waals surface area contributed by atoms with Gasteiger partial charge < -0.3 is 26.1 Å². The van der Waals surface area contributed by atoms with Gasteiger partial charge in [-0.05, 0) is 55.7 Å². The Bertz CT molecular complexity index is 1120. The van der Waals surface area contributed by atoms with E-state index in [1.165, 1.54) is 0 Å². The number of carboxylic acids is 1. The van der Waals surface area contributed by atoms with E-state index >= 15 is 0 Å². The fourth-order valence-electron chi connectivity index (χ4n) is 4.49. The van der Waals surface area contributed by atoms with Crippen molar-refractivity contribution in [1.29, 1.82) is 0 Å². The molecule has 0 saturated heterocycles. The van der Waals surface area contributed by atoms with Crippen molar-refractivity contribution in [3.63, 3.8) is 0 Å². The quantitative estimate of drug-likeness (QED) is 0.105. The molecule has 0 heterocycles. The molecule has 0 aromatic heterocycles. The Labute approximate surface area is 253 Å². The molecule has 2 unspecified atom stereocenters. The van der Waals surface area contributed by atoms with E-state index in [1.54, 1.807) is 0 Å². The minimum absolute atomic E-state index is 0.0381. The second kappa shape index (κ2) is 19.3. The molecule has 0 bridgehead atoms. The summed E-state index contributed by atoms with van der Waals surface area (Å²) in [6, 6.07) is 15.2. The molecule has 2 aromatic rings. The zero-order valence-electron chi connectivity index (χ0n) is 24.3. The van der Waals surface area contributed by atoms with Crippen molar-refractivity contribution in [2.24, 2.45) is 5.92 Å². The van der Waals surface area contributed by atoms with Crippen LogP contribution in [0, 0.1) is 5.92 Å². The van der Waals surface area contributed by atoms with Crippen molar-refractivity contribution in [2.75, 3.05) is 6.54 Å². The summed E-state index contributed by atoms with van der Waals surface area (Å²) in [4.78, 5) is 52.1. The van der Waals surface area contributed by atoms with Crippen LogP contribution in [0.4, 0.5) is 0 Å². The summed E-state index contributed by atoms with van der Waals surface area (Å²) >= 11 is 0. The number of carboxylic acid groups (broad SMARTS) is 1. The van der Waals surface area contributed by atoms with Crippen LogP contribution in [-0.2, 0) is 32.0 Å². The van der Waals surface area contributed by atoms with Gasteiger partial charge in [-0.25, -0.2) is 4.79 Å². The zero-order chi connectivity index (χ0) is 30.9. The Morgan fingerprint density at radius 3 is 1.67 bits per heavy atom. The summed E-state index contributed by atoms with van der Waals surface area (Å²) in [6.45, 7) is 4.54. The molecule has 2 aromatic carbocycles. The predicted octanol–water partition coefficient (Wildman–Crippen LogP) is 2.36. The van der Waals surface area contributed by atoms with Gasteiger partial charge in [-0.15, -0.1) is 0 Å². The molecule has 0 saturated carbocycles. The molecule has 2 rings (SSSR count). The molecule has 6 N–H and O–H groups in total. The number of carbonyl (C=O) groups is 4. The third kappa shape index (κ3) is 13.0. The van der Waals surface area contributed by atoms with Crippen molar-refractivity contribution >= 4 is 42.5 Å². The van der Waals surface area contributed by atoms with Gasteiger partial charge >= 0.3 is 5.97 Å². The van der Waals surface area contributed by atoms with E-state index < -0.39 is 42.0 Å². The summed E-state index contributed by atoms with van der Waals surface area (Å²) in [7, 11) is 4.76. The number of hydrogen-bond acceptors (Lipinski definition) is 6. The van der Waals surface area contributed by atoms with E-state index in [-0.39, 0.29) is 24.7 Å². The number of nitrogens with one attached hydrogen (secondary N) is 5. The first-order valence-electron chi connectivity index (χ1n) is 14.3. The topological polar surface area (TPSA) is 149 Å². The van der Waals surface area contributed by atoms with Crippen molar-refractivity contribution in [3.05, 3.63) is 71.8 Å². The van der Waals surface area contributed by atoms with Crippen LogP contribution >= 0.6 is 18.8 Å². The second-order valence-corrected chi connectivity index (χ2v) is 11.4. The average Bonchev–Trinajstić information content (AvgIpc) is 2.97. The number of amides is 3. The Kier molecular flexibility index (Phi) is 16.2. The van der Waals surface area contributed by atoms with E-state index in [9.17, 15) is 24.3 Å². The first-order valence-corrected chi connectivity index (χ1v) is 15.4. The number of hydrogen-bond donors (Lipinski definition) is 6. The first-order chi connectivity index (χ1) is 20.1. The molecule has 10 nitrogen and oxygen atoms in total. The van der Waals surface area contributed by atoms with Crippen LogP contribution in [0.25, 0.3) is 0 Å². The van der Waals surface area contributed by atoms with Gasteiger partial charge in [0.2, 0.25) is 17.7 Å². The minimum atomic E-state index is -1.12. The van der Waals surface area contributed by atoms with Crippen LogP contribution in [0.1, 0.15) is 50.7 Å². The lowest BCUT2D eigenvalue weighted by atomic mass is 10.00. The summed E-state index contributed by atoms with van der Waals surface area (Å²) in [5.74, 6) is -2.53. The molecular formula is C30H45N5O5P2. The molecule has 0 aliphatic rings. The molecule has 12 heteroatoms. The van der Waals surface area contributed by atoms with Gasteiger partial charge in [0.15, 0.2) is 0 Å². The average molecular weight is 618 g/mol. The van der Waals surface area contributed by atoms with Crippen LogP contribution in [0.15, 0.2) is 60.7 Å². The largest absolute Gasteiger partial charge is 0.480 e. The van der Waals surface area contributed by atoms with E-state index in [0.717, 1.165) is 17.5 Å². The Morgan fingerprint density at radius 2 is 1.17 bits per heavy atom. The molecule has 6 atom stereocenters. The maximum atomic E-state index is 13.7. The molecule has 3 amide bonds. The fraction of sp³-hybridized carbons (Fsp3) is 0.467. The van der Waals surface area contributed by atoms with Crippen LogP contribution in [0.3, 0.4) is 0 Å². The number of aliphatic carboxylic acids is 1. The molecule has 0 aliphatic carbocycles. The predicted molar refractivity (Wildman–Crippen MR) is 171 cm³/mol. The highest BCUT2D eigenvalue weighted by molar-refractivity contribution is 7.13. The Morgan fingerprint density at radius 1 is 0.690 bits per heavy atom. The van der Waals surface area contributed by atoms with Crippen LogP contribution < -0.4 is 26.1 Å². The monoisotopic (exact) mass is 617 g/mol. The normalized spacial score (nSPS) is 13.9. The van der Waals surface area contributed by atoms with Gasteiger partial charge in [0.1, 0.15) is 18.1 Å². The molecule has 0 spiro atoms. The lowest BCUT2D eigenvalue weighted by molar-refractivity contribution is -0.142.